The van der Waals surface area contributed by atoms with Gasteiger partial charge in [-0.05, 0) is 49.4 Å². The predicted octanol–water partition coefficient (Wildman–Crippen LogP) is 3.13. The van der Waals surface area contributed by atoms with Gasteiger partial charge in [-0.3, -0.25) is 0 Å². The fraction of sp³-hybridized carbons (Fsp3) is 0.625. The molecule has 0 amide bonds. The number of rotatable bonds is 5. The zero-order valence-electron chi connectivity index (χ0n) is 13.0. The summed E-state index contributed by atoms with van der Waals surface area (Å²) < 4.78 is 27.6. The van der Waals surface area contributed by atoms with Gasteiger partial charge < -0.3 is 5.73 Å². The standard InChI is InChI=1S/C16H26N2O2S/c1-12-10-15(17)13(2)16(11-12)21(19,20)18-9-8-14-6-4-3-5-7-14/h10-11,14,18H,3-9,17H2,1-2H3. The molecular formula is C16H26N2O2S. The third-order valence-corrected chi connectivity index (χ3v) is 5.99. The number of aryl methyl sites for hydroxylation is 1. The summed E-state index contributed by atoms with van der Waals surface area (Å²) in [7, 11) is -3.47. The fourth-order valence-electron chi connectivity index (χ4n) is 3.08. The molecule has 1 aromatic rings. The van der Waals surface area contributed by atoms with E-state index in [2.05, 4.69) is 4.72 Å². The van der Waals surface area contributed by atoms with E-state index in [0.717, 1.165) is 12.0 Å². The number of hydrogen-bond acceptors (Lipinski definition) is 3. The van der Waals surface area contributed by atoms with E-state index in [4.69, 9.17) is 5.73 Å². The molecule has 0 heterocycles. The summed E-state index contributed by atoms with van der Waals surface area (Å²) in [5, 5.41) is 0. The van der Waals surface area contributed by atoms with Crippen LogP contribution in [0.1, 0.15) is 49.7 Å². The van der Waals surface area contributed by atoms with Gasteiger partial charge in [0.15, 0.2) is 0 Å². The molecule has 4 nitrogen and oxygen atoms in total. The molecule has 0 radical (unpaired) electrons. The van der Waals surface area contributed by atoms with Gasteiger partial charge >= 0.3 is 0 Å². The van der Waals surface area contributed by atoms with E-state index in [1.165, 1.54) is 32.1 Å². The second kappa shape index (κ2) is 6.79. The highest BCUT2D eigenvalue weighted by Gasteiger charge is 2.19. The molecule has 2 rings (SSSR count). The molecule has 0 aromatic heterocycles. The van der Waals surface area contributed by atoms with Crippen molar-refractivity contribution in [2.24, 2.45) is 5.92 Å². The Morgan fingerprint density at radius 2 is 1.86 bits per heavy atom. The summed E-state index contributed by atoms with van der Waals surface area (Å²) >= 11 is 0. The van der Waals surface area contributed by atoms with E-state index in [1.807, 2.05) is 6.92 Å². The average molecular weight is 310 g/mol. The summed E-state index contributed by atoms with van der Waals surface area (Å²) in [6.07, 6.45) is 7.29. The van der Waals surface area contributed by atoms with Crippen LogP contribution in [0.25, 0.3) is 0 Å². The van der Waals surface area contributed by atoms with Gasteiger partial charge in [0.1, 0.15) is 0 Å². The van der Waals surface area contributed by atoms with Crippen molar-refractivity contribution in [1.29, 1.82) is 0 Å². The Balaban J connectivity index is 2.01. The Kier molecular flexibility index (Phi) is 5.27. The third-order valence-electron chi connectivity index (χ3n) is 4.40. The lowest BCUT2D eigenvalue weighted by molar-refractivity contribution is 0.339. The number of hydrogen-bond donors (Lipinski definition) is 2. The van der Waals surface area contributed by atoms with Gasteiger partial charge in [0, 0.05) is 12.2 Å². The van der Waals surface area contributed by atoms with Crippen LogP contribution in [0.2, 0.25) is 0 Å². The van der Waals surface area contributed by atoms with Gasteiger partial charge in [-0.2, -0.15) is 0 Å². The summed E-state index contributed by atoms with van der Waals surface area (Å²) in [5.41, 5.74) is 7.90. The Bertz CT molecular complexity index is 591. The van der Waals surface area contributed by atoms with E-state index in [-0.39, 0.29) is 0 Å². The van der Waals surface area contributed by atoms with E-state index >= 15 is 0 Å². The first-order valence-corrected chi connectivity index (χ1v) is 9.25. The maximum atomic E-state index is 12.4. The minimum absolute atomic E-state index is 0.309. The first-order valence-electron chi connectivity index (χ1n) is 7.76. The zero-order chi connectivity index (χ0) is 15.5. The molecule has 5 heteroatoms. The second-order valence-electron chi connectivity index (χ2n) is 6.17. The number of benzene rings is 1. The van der Waals surface area contributed by atoms with Crippen LogP contribution in [0.15, 0.2) is 17.0 Å². The molecule has 1 aliphatic carbocycles. The lowest BCUT2D eigenvalue weighted by atomic mass is 9.87. The Hall–Kier alpha value is -1.07. The molecule has 1 aromatic carbocycles. The molecule has 1 fully saturated rings. The molecule has 0 saturated heterocycles. The van der Waals surface area contributed by atoms with Crippen LogP contribution in [0.5, 0.6) is 0 Å². The molecule has 0 atom stereocenters. The van der Waals surface area contributed by atoms with Crippen molar-refractivity contribution in [3.63, 3.8) is 0 Å². The van der Waals surface area contributed by atoms with Crippen molar-refractivity contribution >= 4 is 15.7 Å². The van der Waals surface area contributed by atoms with Crippen LogP contribution >= 0.6 is 0 Å². The van der Waals surface area contributed by atoms with Crippen molar-refractivity contribution in [2.45, 2.75) is 57.3 Å². The van der Waals surface area contributed by atoms with Crippen molar-refractivity contribution in [3.05, 3.63) is 23.3 Å². The molecule has 0 bridgehead atoms. The highest BCUT2D eigenvalue weighted by Crippen LogP contribution is 2.26. The lowest BCUT2D eigenvalue weighted by Crippen LogP contribution is -2.27. The van der Waals surface area contributed by atoms with E-state index in [0.29, 0.717) is 28.6 Å². The smallest absolute Gasteiger partial charge is 0.240 e. The van der Waals surface area contributed by atoms with Crippen LogP contribution < -0.4 is 10.5 Å². The molecule has 1 aliphatic rings. The monoisotopic (exact) mass is 310 g/mol. The van der Waals surface area contributed by atoms with Crippen molar-refractivity contribution in [3.8, 4) is 0 Å². The van der Waals surface area contributed by atoms with Crippen LogP contribution in [0, 0.1) is 19.8 Å². The molecule has 0 unspecified atom stereocenters. The molecule has 0 spiro atoms. The largest absolute Gasteiger partial charge is 0.398 e. The Morgan fingerprint density at radius 3 is 2.52 bits per heavy atom. The van der Waals surface area contributed by atoms with Crippen LogP contribution in [-0.4, -0.2) is 15.0 Å². The van der Waals surface area contributed by atoms with Crippen molar-refractivity contribution < 1.29 is 8.42 Å². The van der Waals surface area contributed by atoms with E-state index in [1.54, 1.807) is 19.1 Å². The van der Waals surface area contributed by atoms with Gasteiger partial charge in [-0.15, -0.1) is 0 Å². The topological polar surface area (TPSA) is 72.2 Å². The number of nitrogens with one attached hydrogen (secondary N) is 1. The summed E-state index contributed by atoms with van der Waals surface area (Å²) in [5.74, 6) is 0.671. The number of nitrogen functional groups attached to an aromatic ring is 1. The summed E-state index contributed by atoms with van der Waals surface area (Å²) in [4.78, 5) is 0.309. The third kappa shape index (κ3) is 4.20. The van der Waals surface area contributed by atoms with Gasteiger partial charge in [0.2, 0.25) is 10.0 Å². The minimum Gasteiger partial charge on any atom is -0.398 e. The van der Waals surface area contributed by atoms with Crippen LogP contribution in [-0.2, 0) is 10.0 Å². The van der Waals surface area contributed by atoms with Crippen LogP contribution in [0.3, 0.4) is 0 Å². The van der Waals surface area contributed by atoms with Crippen molar-refractivity contribution in [1.82, 2.24) is 4.72 Å². The second-order valence-corrected chi connectivity index (χ2v) is 7.90. The summed E-state index contributed by atoms with van der Waals surface area (Å²) in [6.45, 7) is 4.13. The van der Waals surface area contributed by atoms with E-state index < -0.39 is 10.0 Å². The molecule has 3 N–H and O–H groups in total. The van der Waals surface area contributed by atoms with Crippen molar-refractivity contribution in [2.75, 3.05) is 12.3 Å². The first-order chi connectivity index (χ1) is 9.90. The Labute approximate surface area is 128 Å². The highest BCUT2D eigenvalue weighted by atomic mass is 32.2. The maximum absolute atomic E-state index is 12.4. The fourth-order valence-corrected chi connectivity index (χ4v) is 4.49. The van der Waals surface area contributed by atoms with Gasteiger partial charge in [-0.1, -0.05) is 32.1 Å². The molecular weight excluding hydrogens is 284 g/mol. The number of sulfonamides is 1. The quantitative estimate of drug-likeness (QED) is 0.821. The van der Waals surface area contributed by atoms with Gasteiger partial charge in [-0.25, -0.2) is 13.1 Å². The van der Waals surface area contributed by atoms with Gasteiger partial charge in [0.25, 0.3) is 0 Å². The lowest BCUT2D eigenvalue weighted by Gasteiger charge is -2.21. The van der Waals surface area contributed by atoms with E-state index in [9.17, 15) is 8.42 Å². The summed E-state index contributed by atoms with van der Waals surface area (Å²) in [6, 6.07) is 3.49. The van der Waals surface area contributed by atoms with Gasteiger partial charge in [0.05, 0.1) is 4.90 Å². The molecule has 21 heavy (non-hydrogen) atoms. The predicted molar refractivity (Wildman–Crippen MR) is 86.7 cm³/mol. The minimum atomic E-state index is -3.47. The Morgan fingerprint density at radius 1 is 1.19 bits per heavy atom. The zero-order valence-corrected chi connectivity index (χ0v) is 13.8. The number of anilines is 1. The number of nitrogens with two attached hydrogens (primary N) is 1. The SMILES string of the molecule is Cc1cc(N)c(C)c(S(=O)(=O)NCCC2CCCCC2)c1. The average Bonchev–Trinajstić information content (AvgIpc) is 2.43. The normalized spacial score (nSPS) is 17.0. The maximum Gasteiger partial charge on any atom is 0.240 e. The van der Waals surface area contributed by atoms with Crippen LogP contribution in [0.4, 0.5) is 5.69 Å². The first kappa shape index (κ1) is 16.3. The molecule has 118 valence electrons. The highest BCUT2D eigenvalue weighted by molar-refractivity contribution is 7.89. The molecule has 1 saturated carbocycles. The molecule has 0 aliphatic heterocycles.